The van der Waals surface area contributed by atoms with Gasteiger partial charge in [0.15, 0.2) is 0 Å². The van der Waals surface area contributed by atoms with Crippen LogP contribution in [0, 0.1) is 6.92 Å². The summed E-state index contributed by atoms with van der Waals surface area (Å²) < 4.78 is 0. The van der Waals surface area contributed by atoms with Crippen LogP contribution in [0.3, 0.4) is 0 Å². The van der Waals surface area contributed by atoms with Crippen LogP contribution in [-0.4, -0.2) is 60.5 Å². The summed E-state index contributed by atoms with van der Waals surface area (Å²) in [5.74, 6) is 0.230. The Morgan fingerprint density at radius 2 is 2.37 bits per heavy atom. The molecule has 1 aliphatic rings. The number of aryl methyl sites for hydroxylation is 1. The lowest BCUT2D eigenvalue weighted by molar-refractivity contribution is -0.132. The average molecular weight is 282 g/mol. The fourth-order valence-electron chi connectivity index (χ4n) is 2.21. The predicted octanol–water partition coefficient (Wildman–Crippen LogP) is 0.705. The molecule has 1 aromatic rings. The molecular weight excluding hydrogens is 260 g/mol. The zero-order chi connectivity index (χ0) is 13.7. The number of carbonyl (C=O) groups excluding carboxylic acids is 1. The molecule has 0 atom stereocenters. The first kappa shape index (κ1) is 14.4. The zero-order valence-corrected chi connectivity index (χ0v) is 12.5. The average Bonchev–Trinajstić information content (AvgIpc) is 2.66. The van der Waals surface area contributed by atoms with E-state index in [-0.39, 0.29) is 5.91 Å². The van der Waals surface area contributed by atoms with Crippen molar-refractivity contribution in [2.45, 2.75) is 19.9 Å². The lowest BCUT2D eigenvalue weighted by Gasteiger charge is -2.23. The minimum Gasteiger partial charge on any atom is -0.340 e. The number of likely N-dealkylation sites (N-methyl/N-ethyl adjacent to an activating group) is 1. The van der Waals surface area contributed by atoms with E-state index in [9.17, 15) is 4.79 Å². The maximum atomic E-state index is 12.2. The molecule has 0 aromatic carbocycles. The number of hydrogen-bond donors (Lipinski definition) is 1. The third-order valence-corrected chi connectivity index (χ3v) is 4.28. The van der Waals surface area contributed by atoms with E-state index in [0.717, 1.165) is 44.8 Å². The fourth-order valence-corrected chi connectivity index (χ4v) is 3.06. The molecule has 0 radical (unpaired) electrons. The van der Waals surface area contributed by atoms with Crippen molar-refractivity contribution in [3.8, 4) is 0 Å². The molecule has 1 aliphatic heterocycles. The van der Waals surface area contributed by atoms with E-state index in [1.54, 1.807) is 11.3 Å². The van der Waals surface area contributed by atoms with Crippen molar-refractivity contribution < 1.29 is 4.79 Å². The minimum absolute atomic E-state index is 0.230. The molecule has 2 heterocycles. The number of nitrogens with zero attached hydrogens (tertiary/aromatic N) is 3. The second-order valence-corrected chi connectivity index (χ2v) is 5.96. The lowest BCUT2D eigenvalue weighted by Crippen LogP contribution is -2.40. The second-order valence-electron chi connectivity index (χ2n) is 5.02. The quantitative estimate of drug-likeness (QED) is 0.883. The molecule has 1 aromatic heterocycles. The number of carbonyl (C=O) groups is 1. The monoisotopic (exact) mass is 282 g/mol. The molecule has 0 unspecified atom stereocenters. The number of rotatable bonds is 4. The molecular formula is C13H22N4OS. The third-order valence-electron chi connectivity index (χ3n) is 3.36. The van der Waals surface area contributed by atoms with Crippen LogP contribution in [0.15, 0.2) is 5.51 Å². The van der Waals surface area contributed by atoms with Crippen molar-refractivity contribution in [2.24, 2.45) is 0 Å². The molecule has 106 valence electrons. The highest BCUT2D eigenvalue weighted by molar-refractivity contribution is 7.09. The summed E-state index contributed by atoms with van der Waals surface area (Å²) in [5.41, 5.74) is 2.93. The van der Waals surface area contributed by atoms with Crippen LogP contribution in [0.25, 0.3) is 0 Å². The molecule has 0 saturated carbocycles. The van der Waals surface area contributed by atoms with E-state index in [0.29, 0.717) is 6.54 Å². The van der Waals surface area contributed by atoms with Crippen molar-refractivity contribution in [1.82, 2.24) is 20.1 Å². The van der Waals surface area contributed by atoms with Gasteiger partial charge in [-0.25, -0.2) is 4.98 Å². The smallest absolute Gasteiger partial charge is 0.236 e. The molecule has 19 heavy (non-hydrogen) atoms. The van der Waals surface area contributed by atoms with Crippen molar-refractivity contribution in [3.63, 3.8) is 0 Å². The van der Waals surface area contributed by atoms with Gasteiger partial charge in [-0.2, -0.15) is 0 Å². The van der Waals surface area contributed by atoms with Gasteiger partial charge in [-0.3, -0.25) is 9.69 Å². The Bertz CT molecular complexity index is 413. The van der Waals surface area contributed by atoms with Gasteiger partial charge in [0.25, 0.3) is 0 Å². The second kappa shape index (κ2) is 6.98. The summed E-state index contributed by atoms with van der Waals surface area (Å²) in [5, 5.41) is 3.32. The van der Waals surface area contributed by atoms with Crippen LogP contribution >= 0.6 is 11.3 Å². The van der Waals surface area contributed by atoms with Crippen molar-refractivity contribution >= 4 is 17.2 Å². The molecule has 0 bridgehead atoms. The minimum atomic E-state index is 0.230. The Labute approximate surface area is 118 Å². The molecule has 2 rings (SSSR count). The van der Waals surface area contributed by atoms with E-state index in [1.807, 2.05) is 24.4 Å². The Morgan fingerprint density at radius 3 is 3.11 bits per heavy atom. The van der Waals surface area contributed by atoms with E-state index in [2.05, 4.69) is 15.2 Å². The van der Waals surface area contributed by atoms with E-state index < -0.39 is 0 Å². The Balaban J connectivity index is 1.82. The van der Waals surface area contributed by atoms with Crippen LogP contribution in [0.5, 0.6) is 0 Å². The molecule has 1 amide bonds. The fraction of sp³-hybridized carbons (Fsp3) is 0.692. The number of hydrogen-bond acceptors (Lipinski definition) is 5. The van der Waals surface area contributed by atoms with Crippen molar-refractivity contribution in [3.05, 3.63) is 16.1 Å². The molecule has 0 spiro atoms. The van der Waals surface area contributed by atoms with Gasteiger partial charge in [0.1, 0.15) is 0 Å². The predicted molar refractivity (Wildman–Crippen MR) is 77.3 cm³/mol. The van der Waals surface area contributed by atoms with Gasteiger partial charge in [-0.05, 0) is 26.9 Å². The topological polar surface area (TPSA) is 48.5 Å². The summed E-state index contributed by atoms with van der Waals surface area (Å²) in [7, 11) is 1.99. The Kier molecular flexibility index (Phi) is 5.30. The zero-order valence-electron chi connectivity index (χ0n) is 11.7. The number of aromatic nitrogens is 1. The number of nitrogens with one attached hydrogen (secondary N) is 1. The molecule has 0 aliphatic carbocycles. The van der Waals surface area contributed by atoms with Gasteiger partial charge in [-0.1, -0.05) is 0 Å². The number of amides is 1. The van der Waals surface area contributed by atoms with Gasteiger partial charge in [0, 0.05) is 31.1 Å². The SMILES string of the molecule is Cc1ncsc1CN(C)CC(=O)N1CCCNCC1. The molecule has 6 heteroatoms. The van der Waals surface area contributed by atoms with Gasteiger partial charge < -0.3 is 10.2 Å². The van der Waals surface area contributed by atoms with E-state index in [4.69, 9.17) is 0 Å². The van der Waals surface area contributed by atoms with Crippen LogP contribution < -0.4 is 5.32 Å². The first-order valence-corrected chi connectivity index (χ1v) is 7.61. The summed E-state index contributed by atoms with van der Waals surface area (Å²) in [6.45, 7) is 6.92. The summed E-state index contributed by atoms with van der Waals surface area (Å²) in [4.78, 5) is 21.7. The maximum absolute atomic E-state index is 12.2. The van der Waals surface area contributed by atoms with Crippen LogP contribution in [0.1, 0.15) is 17.0 Å². The first-order chi connectivity index (χ1) is 9.16. The highest BCUT2D eigenvalue weighted by Crippen LogP contribution is 2.14. The summed E-state index contributed by atoms with van der Waals surface area (Å²) in [6.07, 6.45) is 1.05. The van der Waals surface area contributed by atoms with Crippen molar-refractivity contribution in [2.75, 3.05) is 39.8 Å². The normalized spacial score (nSPS) is 16.7. The van der Waals surface area contributed by atoms with Crippen molar-refractivity contribution in [1.29, 1.82) is 0 Å². The summed E-state index contributed by atoms with van der Waals surface area (Å²) >= 11 is 1.66. The number of thiazole rings is 1. The maximum Gasteiger partial charge on any atom is 0.236 e. The van der Waals surface area contributed by atoms with Crippen LogP contribution in [-0.2, 0) is 11.3 Å². The lowest BCUT2D eigenvalue weighted by atomic mass is 10.3. The van der Waals surface area contributed by atoms with E-state index >= 15 is 0 Å². The van der Waals surface area contributed by atoms with Gasteiger partial charge >= 0.3 is 0 Å². The van der Waals surface area contributed by atoms with Crippen LogP contribution in [0.2, 0.25) is 0 Å². The Morgan fingerprint density at radius 1 is 1.53 bits per heavy atom. The largest absolute Gasteiger partial charge is 0.340 e. The molecule has 1 saturated heterocycles. The molecule has 1 fully saturated rings. The summed E-state index contributed by atoms with van der Waals surface area (Å²) in [6, 6.07) is 0. The standard InChI is InChI=1S/C13H22N4OS/c1-11-12(19-10-15-11)8-16(2)9-13(18)17-6-3-4-14-5-7-17/h10,14H,3-9H2,1-2H3. The molecule has 1 N–H and O–H groups in total. The first-order valence-electron chi connectivity index (χ1n) is 6.73. The van der Waals surface area contributed by atoms with Gasteiger partial charge in [0.2, 0.25) is 5.91 Å². The van der Waals surface area contributed by atoms with Gasteiger partial charge in [0.05, 0.1) is 17.7 Å². The van der Waals surface area contributed by atoms with E-state index in [1.165, 1.54) is 4.88 Å². The molecule has 5 nitrogen and oxygen atoms in total. The Hall–Kier alpha value is -0.980. The highest BCUT2D eigenvalue weighted by Gasteiger charge is 2.17. The highest BCUT2D eigenvalue weighted by atomic mass is 32.1. The van der Waals surface area contributed by atoms with Crippen LogP contribution in [0.4, 0.5) is 0 Å². The third kappa shape index (κ3) is 4.26. The van der Waals surface area contributed by atoms with Gasteiger partial charge in [-0.15, -0.1) is 11.3 Å².